The zero-order chi connectivity index (χ0) is 20.8. The van der Waals surface area contributed by atoms with E-state index in [0.717, 1.165) is 23.8 Å². The molecule has 0 saturated heterocycles. The maximum absolute atomic E-state index is 13.3. The number of anilines is 2. The summed E-state index contributed by atoms with van der Waals surface area (Å²) in [6.45, 7) is 0.471. The fourth-order valence-electron chi connectivity index (χ4n) is 2.79. The van der Waals surface area contributed by atoms with Crippen LogP contribution in [0.4, 0.5) is 25.8 Å². The number of benzene rings is 3. The molecule has 0 fully saturated rings. The summed E-state index contributed by atoms with van der Waals surface area (Å²) in [5, 5.41) is 16.7. The van der Waals surface area contributed by atoms with E-state index >= 15 is 0 Å². The molecule has 0 radical (unpaired) electrons. The van der Waals surface area contributed by atoms with Gasteiger partial charge in [0.25, 0.3) is 11.6 Å². The number of nitro groups is 1. The summed E-state index contributed by atoms with van der Waals surface area (Å²) in [6.07, 6.45) is 0.672. The monoisotopic (exact) mass is 397 g/mol. The Morgan fingerprint density at radius 3 is 2.31 bits per heavy atom. The van der Waals surface area contributed by atoms with Crippen molar-refractivity contribution in [3.05, 3.63) is 99.6 Å². The van der Waals surface area contributed by atoms with Gasteiger partial charge in [0.05, 0.1) is 4.92 Å². The highest BCUT2D eigenvalue weighted by atomic mass is 19.1. The molecule has 3 rings (SSSR count). The third kappa shape index (κ3) is 5.35. The number of nitrogens with one attached hydrogen (secondary N) is 2. The summed E-state index contributed by atoms with van der Waals surface area (Å²) >= 11 is 0. The highest BCUT2D eigenvalue weighted by Gasteiger charge is 2.18. The van der Waals surface area contributed by atoms with E-state index < -0.39 is 22.5 Å². The van der Waals surface area contributed by atoms with Crippen molar-refractivity contribution in [3.8, 4) is 0 Å². The number of halogens is 2. The van der Waals surface area contributed by atoms with Crippen molar-refractivity contribution in [3.63, 3.8) is 0 Å². The van der Waals surface area contributed by atoms with Crippen LogP contribution in [0.15, 0.2) is 66.7 Å². The number of carbonyl (C=O) groups excluding carboxylic acids is 1. The standard InChI is InChI=1S/C21H17F2N3O3/c22-16-11-17(23)13-18(12-16)25-21(27)15-6-7-19(20(10-15)26(28)29)24-9-8-14-4-2-1-3-5-14/h1-7,10-13,24H,8-9H2,(H,25,27). The third-order valence-electron chi connectivity index (χ3n) is 4.15. The van der Waals surface area contributed by atoms with Crippen LogP contribution in [0.25, 0.3) is 0 Å². The predicted molar refractivity (Wildman–Crippen MR) is 106 cm³/mol. The van der Waals surface area contributed by atoms with Gasteiger partial charge in [-0.05, 0) is 36.2 Å². The smallest absolute Gasteiger partial charge is 0.293 e. The molecule has 0 aliphatic carbocycles. The van der Waals surface area contributed by atoms with Crippen LogP contribution >= 0.6 is 0 Å². The summed E-state index contributed by atoms with van der Waals surface area (Å²) in [7, 11) is 0. The Balaban J connectivity index is 1.72. The van der Waals surface area contributed by atoms with E-state index in [0.29, 0.717) is 19.0 Å². The lowest BCUT2D eigenvalue weighted by Crippen LogP contribution is -2.13. The summed E-state index contributed by atoms with van der Waals surface area (Å²) in [6, 6.07) is 16.2. The molecule has 3 aromatic rings. The van der Waals surface area contributed by atoms with Crippen LogP contribution in [0.5, 0.6) is 0 Å². The minimum Gasteiger partial charge on any atom is -0.379 e. The molecule has 1 amide bonds. The van der Waals surface area contributed by atoms with Gasteiger partial charge in [-0.3, -0.25) is 14.9 Å². The first-order valence-electron chi connectivity index (χ1n) is 8.76. The van der Waals surface area contributed by atoms with E-state index in [1.165, 1.54) is 12.1 Å². The largest absolute Gasteiger partial charge is 0.379 e. The Hall–Kier alpha value is -3.81. The van der Waals surface area contributed by atoms with Crippen LogP contribution in [0.3, 0.4) is 0 Å². The van der Waals surface area contributed by atoms with Gasteiger partial charge >= 0.3 is 0 Å². The SMILES string of the molecule is O=C(Nc1cc(F)cc(F)c1)c1ccc(NCCc2ccccc2)c([N+](=O)[O-])c1. The molecule has 2 N–H and O–H groups in total. The fourth-order valence-corrected chi connectivity index (χ4v) is 2.79. The van der Waals surface area contributed by atoms with Crippen molar-refractivity contribution in [2.45, 2.75) is 6.42 Å². The number of hydrogen-bond acceptors (Lipinski definition) is 4. The molecular weight excluding hydrogens is 380 g/mol. The van der Waals surface area contributed by atoms with E-state index in [1.807, 2.05) is 30.3 Å². The molecule has 0 bridgehead atoms. The molecular formula is C21H17F2N3O3. The van der Waals surface area contributed by atoms with Crippen molar-refractivity contribution >= 4 is 23.0 Å². The number of carbonyl (C=O) groups is 1. The molecule has 0 unspecified atom stereocenters. The molecule has 0 heterocycles. The highest BCUT2D eigenvalue weighted by molar-refractivity contribution is 6.05. The zero-order valence-electron chi connectivity index (χ0n) is 15.2. The first-order chi connectivity index (χ1) is 13.9. The molecule has 0 atom stereocenters. The molecule has 29 heavy (non-hydrogen) atoms. The van der Waals surface area contributed by atoms with E-state index in [1.54, 1.807) is 0 Å². The van der Waals surface area contributed by atoms with Gasteiger partial charge in [-0.25, -0.2) is 8.78 Å². The van der Waals surface area contributed by atoms with Crippen molar-refractivity contribution < 1.29 is 18.5 Å². The number of rotatable bonds is 7. The van der Waals surface area contributed by atoms with Gasteiger partial charge in [0, 0.05) is 29.9 Å². The lowest BCUT2D eigenvalue weighted by Gasteiger charge is -2.10. The zero-order valence-corrected chi connectivity index (χ0v) is 15.2. The first-order valence-corrected chi connectivity index (χ1v) is 8.76. The number of nitrogens with zero attached hydrogens (tertiary/aromatic N) is 1. The quantitative estimate of drug-likeness (QED) is 0.444. The van der Waals surface area contributed by atoms with E-state index in [4.69, 9.17) is 0 Å². The average molecular weight is 397 g/mol. The van der Waals surface area contributed by atoms with E-state index in [-0.39, 0.29) is 22.6 Å². The molecule has 0 spiro atoms. The van der Waals surface area contributed by atoms with Crippen molar-refractivity contribution in [2.24, 2.45) is 0 Å². The van der Waals surface area contributed by atoms with Gasteiger partial charge in [0.15, 0.2) is 0 Å². The van der Waals surface area contributed by atoms with E-state index in [9.17, 15) is 23.7 Å². The van der Waals surface area contributed by atoms with Crippen molar-refractivity contribution in [2.75, 3.05) is 17.2 Å². The maximum atomic E-state index is 13.3. The Morgan fingerprint density at radius 2 is 1.66 bits per heavy atom. The number of hydrogen-bond donors (Lipinski definition) is 2. The van der Waals surface area contributed by atoms with Crippen LogP contribution in [0, 0.1) is 21.7 Å². The molecule has 6 nitrogen and oxygen atoms in total. The topological polar surface area (TPSA) is 84.3 Å². The van der Waals surface area contributed by atoms with Crippen LogP contribution < -0.4 is 10.6 Å². The van der Waals surface area contributed by atoms with Gasteiger partial charge < -0.3 is 10.6 Å². The van der Waals surface area contributed by atoms with Crippen LogP contribution in [-0.4, -0.2) is 17.4 Å². The second-order valence-electron chi connectivity index (χ2n) is 6.26. The molecule has 0 aromatic heterocycles. The van der Waals surface area contributed by atoms with Gasteiger partial charge in [-0.2, -0.15) is 0 Å². The van der Waals surface area contributed by atoms with Crippen molar-refractivity contribution in [1.82, 2.24) is 0 Å². The van der Waals surface area contributed by atoms with Crippen molar-refractivity contribution in [1.29, 1.82) is 0 Å². The Kier molecular flexibility index (Phi) is 6.13. The van der Waals surface area contributed by atoms with Gasteiger partial charge in [-0.1, -0.05) is 30.3 Å². The molecule has 148 valence electrons. The van der Waals surface area contributed by atoms with Crippen LogP contribution in [-0.2, 0) is 6.42 Å². The first kappa shape index (κ1) is 19.9. The second kappa shape index (κ2) is 8.92. The maximum Gasteiger partial charge on any atom is 0.293 e. The summed E-state index contributed by atoms with van der Waals surface area (Å²) in [5.41, 5.74) is 1.01. The van der Waals surface area contributed by atoms with Crippen LogP contribution in [0.2, 0.25) is 0 Å². The lowest BCUT2D eigenvalue weighted by atomic mass is 10.1. The minimum absolute atomic E-state index is 0.00465. The molecule has 0 saturated carbocycles. The Morgan fingerprint density at radius 1 is 0.966 bits per heavy atom. The Bertz CT molecular complexity index is 1020. The number of nitro benzene ring substituents is 1. The van der Waals surface area contributed by atoms with Crippen LogP contribution in [0.1, 0.15) is 15.9 Å². The van der Waals surface area contributed by atoms with Gasteiger partial charge in [-0.15, -0.1) is 0 Å². The summed E-state index contributed by atoms with van der Waals surface area (Å²) in [4.78, 5) is 23.1. The Labute approximate surface area is 165 Å². The summed E-state index contributed by atoms with van der Waals surface area (Å²) in [5.74, 6) is -2.40. The second-order valence-corrected chi connectivity index (χ2v) is 6.26. The van der Waals surface area contributed by atoms with Gasteiger partial charge in [0.2, 0.25) is 0 Å². The average Bonchev–Trinajstić information content (AvgIpc) is 2.68. The normalized spacial score (nSPS) is 10.4. The molecule has 3 aromatic carbocycles. The third-order valence-corrected chi connectivity index (χ3v) is 4.15. The number of amides is 1. The highest BCUT2D eigenvalue weighted by Crippen LogP contribution is 2.26. The predicted octanol–water partition coefficient (Wildman–Crippen LogP) is 4.78. The van der Waals surface area contributed by atoms with Gasteiger partial charge in [0.1, 0.15) is 17.3 Å². The fraction of sp³-hybridized carbons (Fsp3) is 0.0952. The molecule has 0 aliphatic heterocycles. The van der Waals surface area contributed by atoms with E-state index in [2.05, 4.69) is 10.6 Å². The molecule has 8 heteroatoms. The lowest BCUT2D eigenvalue weighted by molar-refractivity contribution is -0.384. The molecule has 0 aliphatic rings. The minimum atomic E-state index is -0.843. The summed E-state index contributed by atoms with van der Waals surface area (Å²) < 4.78 is 26.5.